The highest BCUT2D eigenvalue weighted by Crippen LogP contribution is 2.29. The molecule has 0 saturated carbocycles. The summed E-state index contributed by atoms with van der Waals surface area (Å²) in [5.41, 5.74) is -0.183. The zero-order valence-corrected chi connectivity index (χ0v) is 11.4. The molecule has 1 atom stereocenters. The van der Waals surface area contributed by atoms with Gasteiger partial charge in [-0.25, -0.2) is 0 Å². The molecule has 0 aromatic carbocycles. The van der Waals surface area contributed by atoms with Crippen LogP contribution in [0.1, 0.15) is 44.6 Å². The van der Waals surface area contributed by atoms with Gasteiger partial charge < -0.3 is 4.42 Å². The van der Waals surface area contributed by atoms with Gasteiger partial charge in [0.15, 0.2) is 0 Å². The van der Waals surface area contributed by atoms with Crippen LogP contribution in [0, 0.1) is 16.7 Å². The molecular weight excluding hydrogens is 224 g/mol. The summed E-state index contributed by atoms with van der Waals surface area (Å²) in [5.74, 6) is 2.10. The summed E-state index contributed by atoms with van der Waals surface area (Å²) in [7, 11) is 0. The van der Waals surface area contributed by atoms with Gasteiger partial charge in [-0.1, -0.05) is 6.92 Å². The zero-order chi connectivity index (χ0) is 13.0. The van der Waals surface area contributed by atoms with E-state index in [-0.39, 0.29) is 5.41 Å². The molecule has 0 spiro atoms. The van der Waals surface area contributed by atoms with Crippen molar-refractivity contribution < 1.29 is 4.42 Å². The van der Waals surface area contributed by atoms with E-state index in [1.165, 1.54) is 0 Å². The number of piperidine rings is 1. The zero-order valence-electron chi connectivity index (χ0n) is 11.4. The minimum absolute atomic E-state index is 0.183. The molecule has 0 unspecified atom stereocenters. The molecule has 2 heterocycles. The maximum Gasteiger partial charge on any atom is 0.118 e. The van der Waals surface area contributed by atoms with E-state index < -0.39 is 0 Å². The van der Waals surface area contributed by atoms with E-state index in [0.29, 0.717) is 0 Å². The van der Waals surface area contributed by atoms with Crippen LogP contribution in [0.2, 0.25) is 0 Å². The van der Waals surface area contributed by atoms with Gasteiger partial charge in [0.05, 0.1) is 18.0 Å². The molecule has 1 aliphatic heterocycles. The summed E-state index contributed by atoms with van der Waals surface area (Å²) in [4.78, 5) is 2.33. The van der Waals surface area contributed by atoms with Crippen molar-refractivity contribution in [2.24, 2.45) is 5.41 Å². The van der Waals surface area contributed by atoms with Crippen LogP contribution in [-0.2, 0) is 13.0 Å². The first-order valence-electron chi connectivity index (χ1n) is 6.86. The number of rotatable bonds is 4. The monoisotopic (exact) mass is 246 g/mol. The lowest BCUT2D eigenvalue weighted by atomic mass is 9.83. The standard InChI is InChI=1S/C15H22N2O/c1-3-5-13-6-7-14(18-13)10-17-9-4-8-15(2,11-16)12-17/h6-7H,3-5,8-10,12H2,1-2H3/t15-/m1/s1. The van der Waals surface area contributed by atoms with Gasteiger partial charge in [0.25, 0.3) is 0 Å². The fourth-order valence-corrected chi connectivity index (χ4v) is 2.68. The third-order valence-corrected chi connectivity index (χ3v) is 3.64. The molecule has 1 fully saturated rings. The van der Waals surface area contributed by atoms with Gasteiger partial charge in [-0.05, 0) is 44.9 Å². The second-order valence-corrected chi connectivity index (χ2v) is 5.60. The molecule has 18 heavy (non-hydrogen) atoms. The Morgan fingerprint density at radius 3 is 2.94 bits per heavy atom. The first kappa shape index (κ1) is 13.2. The van der Waals surface area contributed by atoms with Gasteiger partial charge >= 0.3 is 0 Å². The van der Waals surface area contributed by atoms with Crippen molar-refractivity contribution in [2.45, 2.75) is 46.1 Å². The van der Waals surface area contributed by atoms with E-state index in [4.69, 9.17) is 4.42 Å². The van der Waals surface area contributed by atoms with E-state index in [0.717, 1.165) is 56.8 Å². The van der Waals surface area contributed by atoms with Crippen LogP contribution < -0.4 is 0 Å². The molecule has 1 saturated heterocycles. The minimum Gasteiger partial charge on any atom is -0.465 e. The summed E-state index contributed by atoms with van der Waals surface area (Å²) in [6, 6.07) is 6.60. The van der Waals surface area contributed by atoms with Crippen LogP contribution in [0.3, 0.4) is 0 Å². The summed E-state index contributed by atoms with van der Waals surface area (Å²) in [5, 5.41) is 9.21. The molecule has 1 aromatic heterocycles. The third kappa shape index (κ3) is 3.14. The van der Waals surface area contributed by atoms with Crippen molar-refractivity contribution in [2.75, 3.05) is 13.1 Å². The van der Waals surface area contributed by atoms with Crippen molar-refractivity contribution in [3.8, 4) is 6.07 Å². The van der Waals surface area contributed by atoms with E-state index >= 15 is 0 Å². The quantitative estimate of drug-likeness (QED) is 0.818. The van der Waals surface area contributed by atoms with Gasteiger partial charge in [0.2, 0.25) is 0 Å². The van der Waals surface area contributed by atoms with E-state index in [9.17, 15) is 5.26 Å². The van der Waals surface area contributed by atoms with Crippen molar-refractivity contribution in [1.29, 1.82) is 5.26 Å². The number of nitriles is 1. The molecule has 0 radical (unpaired) electrons. The van der Waals surface area contributed by atoms with Crippen molar-refractivity contribution >= 4 is 0 Å². The fourth-order valence-electron chi connectivity index (χ4n) is 2.68. The molecular formula is C15H22N2O. The lowest BCUT2D eigenvalue weighted by molar-refractivity contribution is 0.128. The van der Waals surface area contributed by atoms with Crippen molar-refractivity contribution in [3.05, 3.63) is 23.7 Å². The van der Waals surface area contributed by atoms with Crippen LogP contribution in [0.25, 0.3) is 0 Å². The molecule has 98 valence electrons. The first-order chi connectivity index (χ1) is 8.65. The molecule has 3 nitrogen and oxygen atoms in total. The average molecular weight is 246 g/mol. The summed E-state index contributed by atoms with van der Waals surface area (Å²) in [6.07, 6.45) is 4.24. The molecule has 3 heteroatoms. The first-order valence-corrected chi connectivity index (χ1v) is 6.86. The molecule has 1 aromatic rings. The SMILES string of the molecule is CCCc1ccc(CN2CCC[C@](C)(C#N)C2)o1. The van der Waals surface area contributed by atoms with E-state index in [1.807, 2.05) is 0 Å². The Morgan fingerprint density at radius 2 is 2.22 bits per heavy atom. The molecule has 0 N–H and O–H groups in total. The topological polar surface area (TPSA) is 40.2 Å². The number of aryl methyl sites for hydroxylation is 1. The maximum atomic E-state index is 9.21. The second-order valence-electron chi connectivity index (χ2n) is 5.60. The van der Waals surface area contributed by atoms with Crippen LogP contribution in [0.4, 0.5) is 0 Å². The fraction of sp³-hybridized carbons (Fsp3) is 0.667. The average Bonchev–Trinajstić information content (AvgIpc) is 2.77. The number of furan rings is 1. The summed E-state index contributed by atoms with van der Waals surface area (Å²) in [6.45, 7) is 6.98. The van der Waals surface area contributed by atoms with Crippen LogP contribution in [0.15, 0.2) is 16.5 Å². The van der Waals surface area contributed by atoms with Gasteiger partial charge in [-0.15, -0.1) is 0 Å². The Kier molecular flexibility index (Phi) is 4.08. The predicted octanol–water partition coefficient (Wildman–Crippen LogP) is 3.36. The maximum absolute atomic E-state index is 9.21. The van der Waals surface area contributed by atoms with Crippen LogP contribution in [-0.4, -0.2) is 18.0 Å². The lowest BCUT2D eigenvalue weighted by Crippen LogP contribution is -2.40. The molecule has 0 aliphatic carbocycles. The van der Waals surface area contributed by atoms with Gasteiger partial charge in [0, 0.05) is 13.0 Å². The normalized spacial score (nSPS) is 24.9. The highest BCUT2D eigenvalue weighted by Gasteiger charge is 2.31. The number of likely N-dealkylation sites (tertiary alicyclic amines) is 1. The lowest BCUT2D eigenvalue weighted by Gasteiger charge is -2.35. The Balaban J connectivity index is 1.94. The second kappa shape index (κ2) is 5.58. The molecule has 0 bridgehead atoms. The molecule has 2 rings (SSSR count). The van der Waals surface area contributed by atoms with Gasteiger partial charge in [-0.2, -0.15) is 5.26 Å². The highest BCUT2D eigenvalue weighted by atomic mass is 16.3. The number of hydrogen-bond acceptors (Lipinski definition) is 3. The summed E-state index contributed by atoms with van der Waals surface area (Å²) >= 11 is 0. The smallest absolute Gasteiger partial charge is 0.118 e. The number of nitrogens with zero attached hydrogens (tertiary/aromatic N) is 2. The number of hydrogen-bond donors (Lipinski definition) is 0. The van der Waals surface area contributed by atoms with Gasteiger partial charge in [-0.3, -0.25) is 4.90 Å². The Bertz CT molecular complexity index is 432. The minimum atomic E-state index is -0.183. The van der Waals surface area contributed by atoms with Crippen LogP contribution >= 0.6 is 0 Å². The molecule has 0 amide bonds. The van der Waals surface area contributed by atoms with Gasteiger partial charge in [0.1, 0.15) is 11.5 Å². The Morgan fingerprint density at radius 1 is 1.44 bits per heavy atom. The van der Waals surface area contributed by atoms with Crippen molar-refractivity contribution in [1.82, 2.24) is 4.90 Å². The van der Waals surface area contributed by atoms with E-state index in [2.05, 4.69) is 36.9 Å². The largest absolute Gasteiger partial charge is 0.465 e. The predicted molar refractivity (Wildman–Crippen MR) is 70.9 cm³/mol. The third-order valence-electron chi connectivity index (χ3n) is 3.64. The van der Waals surface area contributed by atoms with Crippen LogP contribution in [0.5, 0.6) is 0 Å². The Hall–Kier alpha value is -1.27. The highest BCUT2D eigenvalue weighted by molar-refractivity contribution is 5.08. The van der Waals surface area contributed by atoms with Crippen molar-refractivity contribution in [3.63, 3.8) is 0 Å². The summed E-state index contributed by atoms with van der Waals surface area (Å²) < 4.78 is 5.80. The van der Waals surface area contributed by atoms with E-state index in [1.54, 1.807) is 0 Å². The Labute approximate surface area is 109 Å². The molecule has 1 aliphatic rings.